The van der Waals surface area contributed by atoms with Gasteiger partial charge in [0.15, 0.2) is 11.5 Å². The Morgan fingerprint density at radius 3 is 2.60 bits per heavy atom. The summed E-state index contributed by atoms with van der Waals surface area (Å²) in [5.74, 6) is 1.06. The predicted octanol–water partition coefficient (Wildman–Crippen LogP) is 1.20. The minimum Gasteiger partial charge on any atom is -0.493 e. The van der Waals surface area contributed by atoms with Crippen LogP contribution in [0.15, 0.2) is 18.2 Å². The van der Waals surface area contributed by atoms with Crippen LogP contribution in [0.2, 0.25) is 0 Å². The molecule has 1 aromatic rings. The molecule has 1 aromatic carbocycles. The molecule has 1 unspecified atom stereocenters. The van der Waals surface area contributed by atoms with Crippen LogP contribution in [0.4, 0.5) is 5.69 Å². The normalized spacial score (nSPS) is 19.4. The molecule has 1 atom stereocenters. The quantitative estimate of drug-likeness (QED) is 0.854. The summed E-state index contributed by atoms with van der Waals surface area (Å²) in [4.78, 5) is 0. The molecule has 1 aliphatic rings. The number of sulfonamides is 1. The molecule has 1 fully saturated rings. The molecule has 2 N–H and O–H groups in total. The van der Waals surface area contributed by atoms with Gasteiger partial charge in [0, 0.05) is 12.6 Å². The number of nitrogens with one attached hydrogen (secondary N) is 2. The van der Waals surface area contributed by atoms with Crippen LogP contribution < -0.4 is 19.5 Å². The van der Waals surface area contributed by atoms with E-state index >= 15 is 0 Å². The Morgan fingerprint density at radius 2 is 2.00 bits per heavy atom. The second kappa shape index (κ2) is 6.32. The van der Waals surface area contributed by atoms with Gasteiger partial charge in [-0.2, -0.15) is 0 Å². The van der Waals surface area contributed by atoms with Crippen molar-refractivity contribution in [3.63, 3.8) is 0 Å². The van der Waals surface area contributed by atoms with Gasteiger partial charge in [-0.1, -0.05) is 0 Å². The minimum absolute atomic E-state index is 0.399. The molecule has 6 nitrogen and oxygen atoms in total. The summed E-state index contributed by atoms with van der Waals surface area (Å²) < 4.78 is 37.5. The zero-order valence-electron chi connectivity index (χ0n) is 11.7. The molecule has 0 spiro atoms. The number of hydrogen-bond acceptors (Lipinski definition) is 5. The van der Waals surface area contributed by atoms with Crippen LogP contribution in [0.3, 0.4) is 0 Å². The average molecular weight is 300 g/mol. The first-order valence-electron chi connectivity index (χ1n) is 6.51. The molecule has 2 rings (SSSR count). The topological polar surface area (TPSA) is 76.7 Å². The average Bonchev–Trinajstić information content (AvgIpc) is 2.47. The van der Waals surface area contributed by atoms with Crippen molar-refractivity contribution < 1.29 is 17.9 Å². The van der Waals surface area contributed by atoms with Crippen molar-refractivity contribution in [3.8, 4) is 11.5 Å². The van der Waals surface area contributed by atoms with Gasteiger partial charge >= 0.3 is 0 Å². The van der Waals surface area contributed by atoms with E-state index in [4.69, 9.17) is 9.47 Å². The standard InChI is InChI=1S/C13H20N2O4S/c1-18-12-6-5-10(8-13(12)19-2)15-20(16,17)11-4-3-7-14-9-11/h5-6,8,11,14-15H,3-4,7,9H2,1-2H3. The summed E-state index contributed by atoms with van der Waals surface area (Å²) in [6.45, 7) is 1.37. The number of anilines is 1. The number of rotatable bonds is 5. The van der Waals surface area contributed by atoms with Crippen molar-refractivity contribution in [3.05, 3.63) is 18.2 Å². The third kappa shape index (κ3) is 3.34. The fourth-order valence-electron chi connectivity index (χ4n) is 2.23. The summed E-state index contributed by atoms with van der Waals surface area (Å²) in [7, 11) is -0.338. The highest BCUT2D eigenvalue weighted by Crippen LogP contribution is 2.30. The van der Waals surface area contributed by atoms with Crippen LogP contribution >= 0.6 is 0 Å². The number of benzene rings is 1. The van der Waals surface area contributed by atoms with Gasteiger partial charge in [0.1, 0.15) is 0 Å². The van der Waals surface area contributed by atoms with Gasteiger partial charge in [-0.25, -0.2) is 8.42 Å². The van der Waals surface area contributed by atoms with Crippen molar-refractivity contribution in [1.82, 2.24) is 5.32 Å². The lowest BCUT2D eigenvalue weighted by atomic mass is 10.2. The molecular formula is C13H20N2O4S. The molecular weight excluding hydrogens is 280 g/mol. The van der Waals surface area contributed by atoms with Gasteiger partial charge in [0.25, 0.3) is 0 Å². The molecule has 1 saturated heterocycles. The van der Waals surface area contributed by atoms with Gasteiger partial charge in [-0.15, -0.1) is 0 Å². The van der Waals surface area contributed by atoms with Crippen molar-refractivity contribution in [1.29, 1.82) is 0 Å². The van der Waals surface area contributed by atoms with Crippen LogP contribution in [0.1, 0.15) is 12.8 Å². The molecule has 0 aliphatic carbocycles. The van der Waals surface area contributed by atoms with Gasteiger partial charge in [-0.05, 0) is 31.5 Å². The Morgan fingerprint density at radius 1 is 1.25 bits per heavy atom. The van der Waals surface area contributed by atoms with Gasteiger partial charge in [-0.3, -0.25) is 4.72 Å². The highest BCUT2D eigenvalue weighted by molar-refractivity contribution is 7.93. The maximum absolute atomic E-state index is 12.3. The van der Waals surface area contributed by atoms with Crippen molar-refractivity contribution in [2.24, 2.45) is 0 Å². The first kappa shape index (κ1) is 14.9. The van der Waals surface area contributed by atoms with Crippen LogP contribution in [0.5, 0.6) is 11.5 Å². The molecule has 0 radical (unpaired) electrons. The molecule has 1 heterocycles. The van der Waals surface area contributed by atoms with Gasteiger partial charge < -0.3 is 14.8 Å². The van der Waals surface area contributed by atoms with E-state index in [-0.39, 0.29) is 0 Å². The van der Waals surface area contributed by atoms with E-state index in [0.717, 1.165) is 13.0 Å². The van der Waals surface area contributed by atoms with Gasteiger partial charge in [0.05, 0.1) is 25.2 Å². The Hall–Kier alpha value is -1.47. The lowest BCUT2D eigenvalue weighted by Gasteiger charge is -2.23. The summed E-state index contributed by atoms with van der Waals surface area (Å²) in [6.07, 6.45) is 1.55. The molecule has 112 valence electrons. The number of methoxy groups -OCH3 is 2. The van der Waals surface area contributed by atoms with Crippen LogP contribution in [0, 0.1) is 0 Å². The summed E-state index contributed by atoms with van der Waals surface area (Å²) in [5.41, 5.74) is 0.480. The number of hydrogen-bond donors (Lipinski definition) is 2. The molecule has 0 saturated carbocycles. The molecule has 0 aromatic heterocycles. The third-order valence-electron chi connectivity index (χ3n) is 3.33. The van der Waals surface area contributed by atoms with Crippen LogP contribution in [-0.4, -0.2) is 41.0 Å². The molecule has 1 aliphatic heterocycles. The van der Waals surface area contributed by atoms with E-state index in [1.54, 1.807) is 18.2 Å². The first-order chi connectivity index (χ1) is 9.56. The predicted molar refractivity (Wildman–Crippen MR) is 78.0 cm³/mol. The Balaban J connectivity index is 2.16. The maximum atomic E-state index is 12.3. The van der Waals surface area contributed by atoms with E-state index in [1.807, 2.05) is 0 Å². The van der Waals surface area contributed by atoms with Crippen LogP contribution in [-0.2, 0) is 10.0 Å². The molecule has 0 amide bonds. The number of ether oxygens (including phenoxy) is 2. The van der Waals surface area contributed by atoms with Crippen molar-refractivity contribution >= 4 is 15.7 Å². The zero-order chi connectivity index (χ0) is 14.6. The third-order valence-corrected chi connectivity index (χ3v) is 5.13. The highest BCUT2D eigenvalue weighted by atomic mass is 32.2. The zero-order valence-corrected chi connectivity index (χ0v) is 12.5. The Labute approximate surface area is 119 Å². The second-order valence-corrected chi connectivity index (χ2v) is 6.65. The lowest BCUT2D eigenvalue weighted by Crippen LogP contribution is -2.41. The van der Waals surface area contributed by atoms with E-state index in [2.05, 4.69) is 10.0 Å². The largest absolute Gasteiger partial charge is 0.493 e. The number of piperidine rings is 1. The van der Waals surface area contributed by atoms with E-state index in [0.29, 0.717) is 30.2 Å². The fourth-order valence-corrected chi connectivity index (χ4v) is 3.67. The summed E-state index contributed by atoms with van der Waals surface area (Å²) in [5, 5.41) is 2.70. The fraction of sp³-hybridized carbons (Fsp3) is 0.538. The van der Waals surface area contributed by atoms with Crippen molar-refractivity contribution in [2.75, 3.05) is 32.0 Å². The van der Waals surface area contributed by atoms with Crippen molar-refractivity contribution in [2.45, 2.75) is 18.1 Å². The summed E-state index contributed by atoms with van der Waals surface area (Å²) >= 11 is 0. The smallest absolute Gasteiger partial charge is 0.236 e. The highest BCUT2D eigenvalue weighted by Gasteiger charge is 2.27. The van der Waals surface area contributed by atoms with Gasteiger partial charge in [0.2, 0.25) is 10.0 Å². The molecule has 20 heavy (non-hydrogen) atoms. The monoisotopic (exact) mass is 300 g/mol. The maximum Gasteiger partial charge on any atom is 0.236 e. The Bertz CT molecular complexity index is 553. The summed E-state index contributed by atoms with van der Waals surface area (Å²) in [6, 6.07) is 4.96. The van der Waals surface area contributed by atoms with E-state index in [1.165, 1.54) is 14.2 Å². The van der Waals surface area contributed by atoms with E-state index in [9.17, 15) is 8.42 Å². The molecule has 0 bridgehead atoms. The SMILES string of the molecule is COc1ccc(NS(=O)(=O)C2CCCNC2)cc1OC. The second-order valence-electron chi connectivity index (χ2n) is 4.69. The lowest BCUT2D eigenvalue weighted by molar-refractivity contribution is 0.355. The van der Waals surface area contributed by atoms with E-state index < -0.39 is 15.3 Å². The Kier molecular flexibility index (Phi) is 4.72. The minimum atomic E-state index is -3.39. The van der Waals surface area contributed by atoms with Crippen LogP contribution in [0.25, 0.3) is 0 Å². The first-order valence-corrected chi connectivity index (χ1v) is 8.06. The molecule has 7 heteroatoms.